The number of rotatable bonds is 2. The van der Waals surface area contributed by atoms with Crippen molar-refractivity contribution in [2.75, 3.05) is 0 Å². The van der Waals surface area contributed by atoms with Crippen LogP contribution in [0.3, 0.4) is 0 Å². The van der Waals surface area contributed by atoms with Gasteiger partial charge < -0.3 is 4.57 Å². The minimum atomic E-state index is 1.02. The van der Waals surface area contributed by atoms with Crippen molar-refractivity contribution in [1.82, 2.24) is 9.55 Å². The molecule has 2 aromatic heterocycles. The molecule has 0 amide bonds. The third-order valence-electron chi connectivity index (χ3n) is 6.56. The normalized spacial score (nSPS) is 11.6. The molecule has 0 aliphatic rings. The first kappa shape index (κ1) is 18.2. The van der Waals surface area contributed by atoms with Crippen LogP contribution in [0.25, 0.3) is 60.4 Å². The average molecular weight is 421 g/mol. The largest absolute Gasteiger partial charge is 0.309 e. The van der Waals surface area contributed by atoms with Crippen LogP contribution in [0.2, 0.25) is 0 Å². The van der Waals surface area contributed by atoms with Crippen LogP contribution in [0.15, 0.2) is 121 Å². The van der Waals surface area contributed by atoms with Crippen LogP contribution in [0.5, 0.6) is 0 Å². The molecule has 7 rings (SSSR count). The van der Waals surface area contributed by atoms with E-state index in [-0.39, 0.29) is 0 Å². The molecular weight excluding hydrogens is 400 g/mol. The first-order valence-corrected chi connectivity index (χ1v) is 11.3. The summed E-state index contributed by atoms with van der Waals surface area (Å²) in [6.07, 6.45) is 0. The maximum atomic E-state index is 5.13. The Balaban J connectivity index is 1.78. The quantitative estimate of drug-likeness (QED) is 0.258. The summed E-state index contributed by atoms with van der Waals surface area (Å²) in [5, 5.41) is 6.12. The summed E-state index contributed by atoms with van der Waals surface area (Å²) in [5.74, 6) is 0. The molecule has 0 spiro atoms. The molecule has 5 aromatic carbocycles. The van der Waals surface area contributed by atoms with Gasteiger partial charge in [0.1, 0.15) is 0 Å². The zero-order chi connectivity index (χ0) is 21.8. The molecule has 2 heteroatoms. The molecule has 33 heavy (non-hydrogen) atoms. The molecule has 0 radical (unpaired) electrons. The summed E-state index contributed by atoms with van der Waals surface area (Å²) in [7, 11) is 0. The summed E-state index contributed by atoms with van der Waals surface area (Å²) in [6.45, 7) is 0. The number of hydrogen-bond donors (Lipinski definition) is 0. The maximum absolute atomic E-state index is 5.13. The summed E-state index contributed by atoms with van der Waals surface area (Å²) >= 11 is 0. The first-order valence-electron chi connectivity index (χ1n) is 11.3. The van der Waals surface area contributed by atoms with Crippen LogP contribution in [0.1, 0.15) is 0 Å². The molecule has 2 nitrogen and oxygen atoms in total. The molecular formula is C31H20N2. The van der Waals surface area contributed by atoms with E-state index in [4.69, 9.17) is 4.98 Å². The van der Waals surface area contributed by atoms with Crippen LogP contribution < -0.4 is 0 Å². The average Bonchev–Trinajstić information content (AvgIpc) is 3.23. The van der Waals surface area contributed by atoms with Crippen LogP contribution in [0, 0.1) is 0 Å². The number of hydrogen-bond acceptors (Lipinski definition) is 1. The fraction of sp³-hybridized carbons (Fsp3) is 0. The van der Waals surface area contributed by atoms with E-state index >= 15 is 0 Å². The van der Waals surface area contributed by atoms with Gasteiger partial charge in [-0.2, -0.15) is 0 Å². The third-order valence-corrected chi connectivity index (χ3v) is 6.56. The summed E-state index contributed by atoms with van der Waals surface area (Å²) in [6, 6.07) is 42.9. The van der Waals surface area contributed by atoms with E-state index in [0.717, 1.165) is 16.8 Å². The molecule has 0 saturated carbocycles. The molecule has 0 atom stereocenters. The van der Waals surface area contributed by atoms with Gasteiger partial charge in [-0.05, 0) is 24.3 Å². The molecule has 0 aliphatic carbocycles. The van der Waals surface area contributed by atoms with Crippen molar-refractivity contribution in [3.05, 3.63) is 121 Å². The van der Waals surface area contributed by atoms with Crippen LogP contribution in [-0.2, 0) is 0 Å². The number of pyridine rings is 1. The van der Waals surface area contributed by atoms with Crippen molar-refractivity contribution in [2.24, 2.45) is 0 Å². The van der Waals surface area contributed by atoms with E-state index in [1.165, 1.54) is 43.7 Å². The monoisotopic (exact) mass is 420 g/mol. The second kappa shape index (κ2) is 7.04. The molecule has 0 fully saturated rings. The van der Waals surface area contributed by atoms with E-state index < -0.39 is 0 Å². The number of benzene rings is 5. The van der Waals surface area contributed by atoms with Gasteiger partial charge in [0, 0.05) is 38.2 Å². The summed E-state index contributed by atoms with van der Waals surface area (Å²) in [4.78, 5) is 5.13. The Morgan fingerprint density at radius 3 is 1.94 bits per heavy atom. The smallest absolute Gasteiger partial charge is 0.0788 e. The van der Waals surface area contributed by atoms with Crippen molar-refractivity contribution >= 4 is 43.5 Å². The topological polar surface area (TPSA) is 17.8 Å². The van der Waals surface area contributed by atoms with Crippen molar-refractivity contribution in [2.45, 2.75) is 0 Å². The van der Waals surface area contributed by atoms with Gasteiger partial charge in [-0.25, -0.2) is 4.98 Å². The van der Waals surface area contributed by atoms with Gasteiger partial charge in [-0.15, -0.1) is 0 Å². The zero-order valence-corrected chi connectivity index (χ0v) is 17.9. The van der Waals surface area contributed by atoms with Crippen LogP contribution in [0.4, 0.5) is 0 Å². The van der Waals surface area contributed by atoms with E-state index in [1.54, 1.807) is 0 Å². The Morgan fingerprint density at radius 1 is 0.485 bits per heavy atom. The Morgan fingerprint density at radius 2 is 1.12 bits per heavy atom. The van der Waals surface area contributed by atoms with Crippen molar-refractivity contribution in [3.8, 4) is 16.9 Å². The molecule has 0 N–H and O–H groups in total. The Bertz CT molecular complexity index is 1800. The Hall–Kier alpha value is -4.43. The molecule has 7 aromatic rings. The van der Waals surface area contributed by atoms with Gasteiger partial charge >= 0.3 is 0 Å². The predicted molar refractivity (Wildman–Crippen MR) is 139 cm³/mol. The second-order valence-corrected chi connectivity index (χ2v) is 8.42. The minimum absolute atomic E-state index is 1.02. The van der Waals surface area contributed by atoms with Crippen LogP contribution >= 0.6 is 0 Å². The molecule has 2 heterocycles. The molecule has 0 saturated heterocycles. The minimum Gasteiger partial charge on any atom is -0.309 e. The van der Waals surface area contributed by atoms with Crippen molar-refractivity contribution in [3.63, 3.8) is 0 Å². The number of nitrogens with zero attached hydrogens (tertiary/aromatic N) is 2. The third kappa shape index (κ3) is 2.64. The predicted octanol–water partition coefficient (Wildman–Crippen LogP) is 8.15. The highest BCUT2D eigenvalue weighted by Gasteiger charge is 2.19. The lowest BCUT2D eigenvalue weighted by Crippen LogP contribution is -1.96. The molecule has 0 bridgehead atoms. The van der Waals surface area contributed by atoms with Gasteiger partial charge in [0.15, 0.2) is 0 Å². The van der Waals surface area contributed by atoms with Gasteiger partial charge in [0.2, 0.25) is 0 Å². The Labute approximate surface area is 191 Å². The fourth-order valence-corrected chi connectivity index (χ4v) is 5.15. The highest BCUT2D eigenvalue weighted by molar-refractivity contribution is 6.26. The van der Waals surface area contributed by atoms with E-state index in [9.17, 15) is 0 Å². The number of aromatic nitrogens is 2. The van der Waals surface area contributed by atoms with Gasteiger partial charge in [0.25, 0.3) is 0 Å². The zero-order valence-electron chi connectivity index (χ0n) is 17.9. The summed E-state index contributed by atoms with van der Waals surface area (Å²) < 4.78 is 2.41. The maximum Gasteiger partial charge on any atom is 0.0788 e. The van der Waals surface area contributed by atoms with Crippen molar-refractivity contribution < 1.29 is 0 Å². The number of para-hydroxylation sites is 3. The lowest BCUT2D eigenvalue weighted by atomic mass is 9.97. The SMILES string of the molecule is c1ccc(-c2nc3ccccc3c3c2ccc2c4ccccc4n(-c4ccccc4)c23)cc1. The second-order valence-electron chi connectivity index (χ2n) is 8.42. The molecule has 0 aliphatic heterocycles. The highest BCUT2D eigenvalue weighted by atomic mass is 15.0. The lowest BCUT2D eigenvalue weighted by molar-refractivity contribution is 1.19. The lowest BCUT2D eigenvalue weighted by Gasteiger charge is -2.14. The summed E-state index contributed by atoms with van der Waals surface area (Å²) in [5.41, 5.74) is 6.79. The highest BCUT2D eigenvalue weighted by Crippen LogP contribution is 2.41. The first-order chi connectivity index (χ1) is 16.4. The van der Waals surface area contributed by atoms with Crippen LogP contribution in [-0.4, -0.2) is 9.55 Å². The molecule has 0 unspecified atom stereocenters. The van der Waals surface area contributed by atoms with Gasteiger partial charge in [-0.1, -0.05) is 97.1 Å². The van der Waals surface area contributed by atoms with Gasteiger partial charge in [0.05, 0.1) is 22.2 Å². The fourth-order valence-electron chi connectivity index (χ4n) is 5.15. The Kier molecular flexibility index (Phi) is 3.88. The molecule has 154 valence electrons. The van der Waals surface area contributed by atoms with E-state index in [0.29, 0.717) is 0 Å². The van der Waals surface area contributed by atoms with Gasteiger partial charge in [-0.3, -0.25) is 0 Å². The van der Waals surface area contributed by atoms with Crippen molar-refractivity contribution in [1.29, 1.82) is 0 Å². The number of fused-ring (bicyclic) bond motifs is 7. The standard InChI is InChI=1S/C31H20N2/c1-3-11-21(12-4-1)30-26-20-19-24-23-15-8-10-18-28(23)33(22-13-5-2-6-14-22)31(24)29(26)25-16-7-9-17-27(25)32-30/h1-20H. The van der Waals surface area contributed by atoms with E-state index in [2.05, 4.69) is 126 Å². The van der Waals surface area contributed by atoms with E-state index in [1.807, 2.05) is 0 Å².